The molecule has 0 fully saturated rings. The van der Waals surface area contributed by atoms with Crippen LogP contribution in [0.5, 0.6) is 5.88 Å². The molecule has 6 heteroatoms. The smallest absolute Gasteiger partial charge is 0.392 e. The molecule has 1 aliphatic carbocycles. The SMILES string of the molecule is N#Cc1cc2c(nc1OCCC(F)(F)F)CCC2. The van der Waals surface area contributed by atoms with E-state index in [2.05, 4.69) is 4.98 Å². The van der Waals surface area contributed by atoms with Crippen molar-refractivity contribution in [3.05, 3.63) is 22.9 Å². The molecule has 1 aromatic rings. The lowest BCUT2D eigenvalue weighted by Gasteiger charge is -2.10. The molecule has 0 amide bonds. The summed E-state index contributed by atoms with van der Waals surface area (Å²) in [4.78, 5) is 4.13. The molecule has 1 aromatic heterocycles. The van der Waals surface area contributed by atoms with Gasteiger partial charge in [0.1, 0.15) is 11.6 Å². The highest BCUT2D eigenvalue weighted by Crippen LogP contribution is 2.27. The van der Waals surface area contributed by atoms with Gasteiger partial charge in [0.15, 0.2) is 0 Å². The number of pyridine rings is 1. The average Bonchev–Trinajstić information content (AvgIpc) is 2.73. The zero-order chi connectivity index (χ0) is 13.2. The largest absolute Gasteiger partial charge is 0.476 e. The molecule has 0 saturated carbocycles. The molecular formula is C12H11F3N2O. The van der Waals surface area contributed by atoms with Gasteiger partial charge in [0.05, 0.1) is 13.0 Å². The van der Waals surface area contributed by atoms with Crippen LogP contribution in [0.25, 0.3) is 0 Å². The second-order valence-corrected chi connectivity index (χ2v) is 4.13. The van der Waals surface area contributed by atoms with Gasteiger partial charge in [-0.3, -0.25) is 0 Å². The minimum atomic E-state index is -4.26. The van der Waals surface area contributed by atoms with Crippen molar-refractivity contribution >= 4 is 0 Å². The Morgan fingerprint density at radius 2 is 2.17 bits per heavy atom. The molecule has 96 valence electrons. The Bertz CT molecular complexity index is 491. The Morgan fingerprint density at radius 1 is 1.39 bits per heavy atom. The van der Waals surface area contributed by atoms with Crippen LogP contribution in [-0.2, 0) is 12.8 Å². The van der Waals surface area contributed by atoms with Crippen molar-refractivity contribution in [1.82, 2.24) is 4.98 Å². The number of fused-ring (bicyclic) bond motifs is 1. The van der Waals surface area contributed by atoms with Crippen LogP contribution >= 0.6 is 0 Å². The maximum atomic E-state index is 12.0. The number of rotatable bonds is 3. The molecule has 0 bridgehead atoms. The van der Waals surface area contributed by atoms with Crippen LogP contribution in [0, 0.1) is 11.3 Å². The highest BCUT2D eigenvalue weighted by Gasteiger charge is 2.27. The fraction of sp³-hybridized carbons (Fsp3) is 0.500. The topological polar surface area (TPSA) is 45.9 Å². The van der Waals surface area contributed by atoms with Gasteiger partial charge in [0.25, 0.3) is 0 Å². The molecule has 1 heterocycles. The molecular weight excluding hydrogens is 245 g/mol. The average molecular weight is 256 g/mol. The summed E-state index contributed by atoms with van der Waals surface area (Å²) >= 11 is 0. The van der Waals surface area contributed by atoms with Gasteiger partial charge in [0.2, 0.25) is 5.88 Å². The third-order valence-corrected chi connectivity index (χ3v) is 2.76. The van der Waals surface area contributed by atoms with E-state index in [1.54, 1.807) is 6.07 Å². The van der Waals surface area contributed by atoms with E-state index in [9.17, 15) is 13.2 Å². The number of hydrogen-bond donors (Lipinski definition) is 0. The first kappa shape index (κ1) is 12.7. The summed E-state index contributed by atoms with van der Waals surface area (Å²) in [7, 11) is 0. The second kappa shape index (κ2) is 4.84. The van der Waals surface area contributed by atoms with Gasteiger partial charge >= 0.3 is 6.18 Å². The summed E-state index contributed by atoms with van der Waals surface area (Å²) in [6.07, 6.45) is -2.70. The summed E-state index contributed by atoms with van der Waals surface area (Å²) in [6.45, 7) is -0.510. The van der Waals surface area contributed by atoms with Crippen molar-refractivity contribution in [3.8, 4) is 11.9 Å². The summed E-state index contributed by atoms with van der Waals surface area (Å²) in [5.74, 6) is 0.0161. The highest BCUT2D eigenvalue weighted by molar-refractivity contribution is 5.44. The monoisotopic (exact) mass is 256 g/mol. The van der Waals surface area contributed by atoms with Crippen LogP contribution in [0.1, 0.15) is 29.7 Å². The minimum Gasteiger partial charge on any atom is -0.476 e. The van der Waals surface area contributed by atoms with Crippen molar-refractivity contribution in [1.29, 1.82) is 5.26 Å². The number of nitriles is 1. The molecule has 0 radical (unpaired) electrons. The van der Waals surface area contributed by atoms with Gasteiger partial charge in [0, 0.05) is 5.69 Å². The van der Waals surface area contributed by atoms with Crippen molar-refractivity contribution < 1.29 is 17.9 Å². The molecule has 3 nitrogen and oxygen atoms in total. The molecule has 0 saturated heterocycles. The molecule has 0 aromatic carbocycles. The van der Waals surface area contributed by atoms with Crippen LogP contribution in [-0.4, -0.2) is 17.8 Å². The van der Waals surface area contributed by atoms with Crippen molar-refractivity contribution in [3.63, 3.8) is 0 Å². The molecule has 0 atom stereocenters. The predicted molar refractivity (Wildman–Crippen MR) is 57.1 cm³/mol. The van der Waals surface area contributed by atoms with Crippen molar-refractivity contribution in [2.24, 2.45) is 0 Å². The Kier molecular flexibility index (Phi) is 3.41. The fourth-order valence-corrected chi connectivity index (χ4v) is 1.91. The Morgan fingerprint density at radius 3 is 2.83 bits per heavy atom. The number of hydrogen-bond acceptors (Lipinski definition) is 3. The quantitative estimate of drug-likeness (QED) is 0.835. The molecule has 1 aliphatic rings. The molecule has 2 rings (SSSR count). The lowest BCUT2D eigenvalue weighted by Crippen LogP contribution is -2.14. The summed E-state index contributed by atoms with van der Waals surface area (Å²) < 4.78 is 41.0. The fourth-order valence-electron chi connectivity index (χ4n) is 1.91. The summed E-state index contributed by atoms with van der Waals surface area (Å²) in [6, 6.07) is 3.57. The van der Waals surface area contributed by atoms with Gasteiger partial charge in [-0.05, 0) is 30.9 Å². The first-order valence-corrected chi connectivity index (χ1v) is 5.62. The van der Waals surface area contributed by atoms with Crippen LogP contribution in [0.4, 0.5) is 13.2 Å². The Balaban J connectivity index is 2.10. The number of aryl methyl sites for hydroxylation is 2. The second-order valence-electron chi connectivity index (χ2n) is 4.13. The van der Waals surface area contributed by atoms with Crippen molar-refractivity contribution in [2.45, 2.75) is 31.9 Å². The number of halogens is 3. The van der Waals surface area contributed by atoms with E-state index in [4.69, 9.17) is 10.00 Å². The van der Waals surface area contributed by atoms with Crippen LogP contribution in [0.2, 0.25) is 0 Å². The highest BCUT2D eigenvalue weighted by atomic mass is 19.4. The molecule has 0 aliphatic heterocycles. The zero-order valence-corrected chi connectivity index (χ0v) is 9.55. The normalized spacial score (nSPS) is 14.1. The zero-order valence-electron chi connectivity index (χ0n) is 9.55. The van der Waals surface area contributed by atoms with Crippen LogP contribution < -0.4 is 4.74 Å². The standard InChI is InChI=1S/C12H11F3N2O/c13-12(14,15)4-5-18-11-9(7-16)6-8-2-1-3-10(8)17-11/h6H,1-5H2. The Labute approximate surface area is 102 Å². The third-order valence-electron chi connectivity index (χ3n) is 2.76. The molecule has 0 unspecified atom stereocenters. The van der Waals surface area contributed by atoms with E-state index in [-0.39, 0.29) is 11.4 Å². The van der Waals surface area contributed by atoms with Gasteiger partial charge in [-0.25, -0.2) is 4.98 Å². The number of nitrogens with zero attached hydrogens (tertiary/aromatic N) is 2. The molecule has 18 heavy (non-hydrogen) atoms. The number of aromatic nitrogens is 1. The maximum Gasteiger partial charge on any atom is 0.392 e. The van der Waals surface area contributed by atoms with Gasteiger partial charge in [-0.1, -0.05) is 0 Å². The van der Waals surface area contributed by atoms with E-state index < -0.39 is 19.2 Å². The van der Waals surface area contributed by atoms with E-state index in [0.717, 1.165) is 30.5 Å². The summed E-state index contributed by atoms with van der Waals surface area (Å²) in [5.41, 5.74) is 2.03. The maximum absolute atomic E-state index is 12.0. The van der Waals surface area contributed by atoms with E-state index >= 15 is 0 Å². The lowest BCUT2D eigenvalue weighted by molar-refractivity contribution is -0.139. The minimum absolute atomic E-state index is 0.0161. The Hall–Kier alpha value is -1.77. The molecule has 0 spiro atoms. The van der Waals surface area contributed by atoms with Crippen molar-refractivity contribution in [2.75, 3.05) is 6.61 Å². The van der Waals surface area contributed by atoms with E-state index in [0.29, 0.717) is 0 Å². The van der Waals surface area contributed by atoms with Gasteiger partial charge in [-0.2, -0.15) is 18.4 Å². The number of ether oxygens (including phenoxy) is 1. The van der Waals surface area contributed by atoms with E-state index in [1.165, 1.54) is 0 Å². The third kappa shape index (κ3) is 2.92. The lowest BCUT2D eigenvalue weighted by atomic mass is 10.1. The van der Waals surface area contributed by atoms with Gasteiger partial charge in [-0.15, -0.1) is 0 Å². The molecule has 0 N–H and O–H groups in total. The van der Waals surface area contributed by atoms with Crippen LogP contribution in [0.15, 0.2) is 6.07 Å². The van der Waals surface area contributed by atoms with Crippen LogP contribution in [0.3, 0.4) is 0 Å². The number of alkyl halides is 3. The first-order valence-electron chi connectivity index (χ1n) is 5.62. The summed E-state index contributed by atoms with van der Waals surface area (Å²) in [5, 5.41) is 8.92. The first-order chi connectivity index (χ1) is 8.49. The van der Waals surface area contributed by atoms with E-state index in [1.807, 2.05) is 6.07 Å². The predicted octanol–water partition coefficient (Wildman–Crippen LogP) is 2.77. The van der Waals surface area contributed by atoms with Gasteiger partial charge < -0.3 is 4.74 Å².